The maximum Gasteiger partial charge on any atom is 0.266 e. The predicted octanol–water partition coefficient (Wildman–Crippen LogP) is 2.71. The van der Waals surface area contributed by atoms with Crippen LogP contribution >= 0.6 is 0 Å². The highest BCUT2D eigenvalue weighted by Crippen LogP contribution is 2.20. The maximum absolute atomic E-state index is 11.1. The molecule has 0 atom stereocenters. The molecule has 0 unspecified atom stereocenters. The second-order valence-corrected chi connectivity index (χ2v) is 9.65. The van der Waals surface area contributed by atoms with Crippen molar-refractivity contribution in [3.63, 3.8) is 0 Å². The average molecular weight is 426 g/mol. The van der Waals surface area contributed by atoms with Gasteiger partial charge in [-0.1, -0.05) is 63.5 Å². The van der Waals surface area contributed by atoms with Crippen LogP contribution in [0.4, 0.5) is 0 Å². The molecule has 6 nitrogen and oxygen atoms in total. The highest BCUT2D eigenvalue weighted by molar-refractivity contribution is 7.90. The van der Waals surface area contributed by atoms with E-state index in [1.165, 1.54) is 76.0 Å². The normalized spacial score (nSPS) is 14.2. The van der Waals surface area contributed by atoms with E-state index < -0.39 is 15.9 Å². The Kier molecular flexibility index (Phi) is 12.5. The molecule has 1 amide bonds. The van der Waals surface area contributed by atoms with Crippen molar-refractivity contribution >= 4 is 36.2 Å². The van der Waals surface area contributed by atoms with Gasteiger partial charge in [-0.3, -0.25) is 4.79 Å². The Hall–Kier alpha value is -1.01. The van der Waals surface area contributed by atoms with E-state index in [0.29, 0.717) is 9.76 Å². The van der Waals surface area contributed by atoms with Crippen LogP contribution in [-0.2, 0) is 14.1 Å². The Balaban J connectivity index is 0.000000274. The van der Waals surface area contributed by atoms with Gasteiger partial charge in [-0.15, -0.1) is 0 Å². The van der Waals surface area contributed by atoms with Gasteiger partial charge in [0.2, 0.25) is 20.2 Å². The summed E-state index contributed by atoms with van der Waals surface area (Å²) in [5.41, 5.74) is 5.66. The van der Waals surface area contributed by atoms with Gasteiger partial charge in [0.15, 0.2) is 0 Å². The van der Waals surface area contributed by atoms with Crippen LogP contribution in [0.15, 0.2) is 29.2 Å². The number of hydrogen-bond acceptors (Lipinski definition) is 5. The average Bonchev–Trinajstić information content (AvgIpc) is 2.90. The predicted molar refractivity (Wildman–Crippen MR) is 109 cm³/mol. The summed E-state index contributed by atoms with van der Waals surface area (Å²) in [7, 11) is 0.0949. The molecule has 3 N–H and O–H groups in total. The van der Waals surface area contributed by atoms with Crippen molar-refractivity contribution < 1.29 is 17.3 Å². The van der Waals surface area contributed by atoms with Gasteiger partial charge in [-0.2, -0.15) is 0 Å². The first kappa shape index (κ1) is 24.0. The minimum atomic E-state index is -3.55. The van der Waals surface area contributed by atoms with Crippen molar-refractivity contribution in [3.8, 4) is 0 Å². The Bertz CT molecular complexity index is 645. The zero-order chi connectivity index (χ0) is 20.0. The third kappa shape index (κ3) is 9.66. The third-order valence-electron chi connectivity index (χ3n) is 4.20. The maximum atomic E-state index is 11.1. The van der Waals surface area contributed by atoms with Crippen LogP contribution in [-0.4, -0.2) is 41.1 Å². The van der Waals surface area contributed by atoms with Gasteiger partial charge in [0.1, 0.15) is 4.90 Å². The summed E-state index contributed by atoms with van der Waals surface area (Å²) in [5.74, 6) is -0.550. The van der Waals surface area contributed by atoms with Gasteiger partial charge >= 0.3 is 0 Å². The van der Waals surface area contributed by atoms with Gasteiger partial charge in [0, 0.05) is 0 Å². The molecular weight excluding hydrogens is 396 g/mol. The lowest BCUT2D eigenvalue weighted by atomic mass is 10.1. The number of nitrogens with two attached hydrogens (primary N) is 1. The van der Waals surface area contributed by atoms with Crippen molar-refractivity contribution in [1.82, 2.24) is 4.72 Å². The summed E-state index contributed by atoms with van der Waals surface area (Å²) in [5, 5.41) is 0. The van der Waals surface area contributed by atoms with Crippen LogP contribution < -0.4 is 10.5 Å². The number of nitrogens with one attached hydrogen (secondary N) is 1. The van der Waals surface area contributed by atoms with Crippen molar-refractivity contribution in [1.29, 1.82) is 0 Å². The fourth-order valence-electron chi connectivity index (χ4n) is 2.75. The second kappa shape index (κ2) is 14.1. The lowest BCUT2D eigenvalue weighted by Crippen LogP contribution is -2.20. The molecule has 2 rings (SSSR count). The topological polar surface area (TPSA) is 98.5 Å². The van der Waals surface area contributed by atoms with Gasteiger partial charge in [-0.25, -0.2) is 13.1 Å². The zero-order valence-corrected chi connectivity index (χ0v) is 18.5. The van der Waals surface area contributed by atoms with Crippen LogP contribution in [0.2, 0.25) is 6.04 Å². The van der Waals surface area contributed by atoms with Crippen LogP contribution in [0, 0.1) is 0 Å². The molecule has 27 heavy (non-hydrogen) atoms. The number of carbonyl (C=O) groups excluding carboxylic acids is 1. The minimum Gasteiger partial charge on any atom is -0.458 e. The van der Waals surface area contributed by atoms with E-state index in [9.17, 15) is 13.2 Å². The molecule has 1 aromatic rings. The highest BCUT2D eigenvalue weighted by Gasteiger charge is 2.31. The molecule has 1 aliphatic heterocycles. The molecule has 0 aliphatic carbocycles. The van der Waals surface area contributed by atoms with Gasteiger partial charge in [-0.05, 0) is 31.1 Å². The van der Waals surface area contributed by atoms with Crippen LogP contribution in [0.3, 0.4) is 0 Å². The van der Waals surface area contributed by atoms with Crippen molar-refractivity contribution in [3.05, 3.63) is 29.8 Å². The number of sulfonamides is 1. The quantitative estimate of drug-likeness (QED) is 0.396. The molecule has 1 heterocycles. The number of amides is 1. The van der Waals surface area contributed by atoms with E-state index in [4.69, 9.17) is 9.85 Å². The fraction of sp³-hybridized carbons (Fsp3) is 0.611. The smallest absolute Gasteiger partial charge is 0.266 e. The Morgan fingerprint density at radius 2 is 1.52 bits per heavy atom. The number of unbranched alkanes of at least 4 members (excludes halogenated alkanes) is 8. The third-order valence-corrected chi connectivity index (χ3v) is 6.73. The number of rotatable bonds is 12. The lowest BCUT2D eigenvalue weighted by molar-refractivity contribution is 0.0985. The fourth-order valence-corrected chi connectivity index (χ4v) is 4.73. The second-order valence-electron chi connectivity index (χ2n) is 6.40. The first-order valence-corrected chi connectivity index (χ1v) is 12.4. The van der Waals surface area contributed by atoms with E-state index in [-0.39, 0.29) is 10.5 Å². The molecule has 0 saturated carbocycles. The lowest BCUT2D eigenvalue weighted by Gasteiger charge is -2.01. The monoisotopic (exact) mass is 425 g/mol. The van der Waals surface area contributed by atoms with Crippen molar-refractivity contribution in [2.24, 2.45) is 5.73 Å². The summed E-state index contributed by atoms with van der Waals surface area (Å²) in [6, 6.07) is 7.30. The minimum absolute atomic E-state index is 0.0648. The Morgan fingerprint density at radius 1 is 0.963 bits per heavy atom. The molecule has 1 aliphatic rings. The highest BCUT2D eigenvalue weighted by atomic mass is 32.2. The number of fused-ring (bicyclic) bond motifs is 1. The van der Waals surface area contributed by atoms with E-state index >= 15 is 0 Å². The van der Waals surface area contributed by atoms with Gasteiger partial charge in [0.05, 0.1) is 5.56 Å². The summed E-state index contributed by atoms with van der Waals surface area (Å²) in [6.45, 7) is 0.857. The number of carbonyl (C=O) groups is 1. The summed E-state index contributed by atoms with van der Waals surface area (Å²) >= 11 is 0. The standard InChI is InChI=1S/C11H24NOSi2.C7H5NO3S/c12-10-8-6-4-2-1-3-5-7-9-11-15-13-14;9-7-5-3-1-2-4-6(5)12(10,11)8-7/h1-12H2;1-4H,(H,8,9). The van der Waals surface area contributed by atoms with E-state index in [0.717, 1.165) is 6.54 Å². The molecular formula is C18H29N2O4SSi2. The number of hydrogen-bond donors (Lipinski definition) is 2. The van der Waals surface area contributed by atoms with Crippen molar-refractivity contribution in [2.75, 3.05) is 6.54 Å². The first-order valence-electron chi connectivity index (χ1n) is 9.44. The zero-order valence-electron chi connectivity index (χ0n) is 15.7. The van der Waals surface area contributed by atoms with Gasteiger partial charge < -0.3 is 9.85 Å². The Labute approximate surface area is 169 Å². The summed E-state index contributed by atoms with van der Waals surface area (Å²) in [6.07, 6.45) is 12.2. The van der Waals surface area contributed by atoms with Crippen LogP contribution in [0.5, 0.6) is 0 Å². The molecule has 0 fully saturated rings. The first-order chi connectivity index (χ1) is 13.0. The van der Waals surface area contributed by atoms with Gasteiger partial charge in [0.25, 0.3) is 15.9 Å². The van der Waals surface area contributed by atoms with Crippen molar-refractivity contribution in [2.45, 2.75) is 68.7 Å². The molecule has 0 saturated heterocycles. The Morgan fingerprint density at radius 3 is 2.07 bits per heavy atom. The van der Waals surface area contributed by atoms with E-state index in [2.05, 4.69) is 10.5 Å². The van der Waals surface area contributed by atoms with Crippen LogP contribution in [0.1, 0.15) is 68.1 Å². The molecule has 1 aromatic carbocycles. The molecule has 0 bridgehead atoms. The molecule has 0 spiro atoms. The summed E-state index contributed by atoms with van der Waals surface area (Å²) < 4.78 is 29.0. The van der Waals surface area contributed by atoms with Crippen LogP contribution in [0.25, 0.3) is 0 Å². The SMILES string of the molecule is NCCCCCCCCCCC[Si]O[Si].O=C1NS(=O)(=O)c2ccccc21. The molecule has 149 valence electrons. The largest absolute Gasteiger partial charge is 0.458 e. The number of benzene rings is 1. The van der Waals surface area contributed by atoms with E-state index in [1.54, 1.807) is 12.1 Å². The molecule has 5 radical (unpaired) electrons. The molecule has 9 heteroatoms. The summed E-state index contributed by atoms with van der Waals surface area (Å²) in [4.78, 5) is 11.1. The van der Waals surface area contributed by atoms with E-state index in [1.807, 2.05) is 4.72 Å². The molecule has 0 aromatic heterocycles.